The summed E-state index contributed by atoms with van der Waals surface area (Å²) in [4.78, 5) is 26.3. The maximum atomic E-state index is 13.2. The number of hydrogen-bond donors (Lipinski definition) is 4. The summed E-state index contributed by atoms with van der Waals surface area (Å²) in [6.45, 7) is 9.43. The molecule has 0 aromatic heterocycles. The third-order valence-corrected chi connectivity index (χ3v) is 7.70. The first-order valence-corrected chi connectivity index (χ1v) is 13.5. The van der Waals surface area contributed by atoms with Crippen LogP contribution in [0.3, 0.4) is 0 Å². The molecule has 208 valence electrons. The Labute approximate surface area is 217 Å². The van der Waals surface area contributed by atoms with Crippen molar-refractivity contribution in [3.63, 3.8) is 0 Å². The maximum absolute atomic E-state index is 13.2. The molecule has 13 nitrogen and oxygen atoms in total. The van der Waals surface area contributed by atoms with Crippen LogP contribution < -0.4 is 20.5 Å². The number of rotatable bonds is 13. The number of carbonyl (C=O) groups excluding carboxylic acids is 1. The minimum atomic E-state index is -4.03. The van der Waals surface area contributed by atoms with Crippen molar-refractivity contribution in [3.05, 3.63) is 32.4 Å². The van der Waals surface area contributed by atoms with Crippen LogP contribution in [0.1, 0.15) is 61.8 Å². The molecule has 1 atom stereocenters. The zero-order chi connectivity index (χ0) is 28.0. The number of benzene rings is 1. The lowest BCUT2D eigenvalue weighted by atomic mass is 9.94. The zero-order valence-corrected chi connectivity index (χ0v) is 22.7. The fraction of sp³-hybridized carbons (Fsp3) is 0.652. The number of guanidine groups is 1. The van der Waals surface area contributed by atoms with Crippen LogP contribution >= 0.6 is 0 Å². The van der Waals surface area contributed by atoms with Crippen molar-refractivity contribution in [2.24, 2.45) is 5.73 Å². The van der Waals surface area contributed by atoms with Gasteiger partial charge >= 0.3 is 5.97 Å². The predicted octanol–water partition coefficient (Wildman–Crippen LogP) is 1.77. The van der Waals surface area contributed by atoms with Gasteiger partial charge in [-0.15, -0.1) is 10.1 Å². The molecule has 2 rings (SSSR count). The van der Waals surface area contributed by atoms with Gasteiger partial charge in [0.05, 0.1) is 18.1 Å². The SMILES string of the molecule is Cc1c(C)c(S(=O)(=O)NC(=N)NCCC[C@H](N)C(=O)OCCCCO[N+](=O)[O-])c(C)c2c1OC(C)(C)C2. The van der Waals surface area contributed by atoms with E-state index in [-0.39, 0.29) is 37.0 Å². The van der Waals surface area contributed by atoms with Gasteiger partial charge in [-0.05, 0) is 77.0 Å². The molecule has 1 aromatic carbocycles. The highest BCUT2D eigenvalue weighted by atomic mass is 32.2. The first-order chi connectivity index (χ1) is 17.2. The number of sulfonamides is 1. The second-order valence-corrected chi connectivity index (χ2v) is 11.3. The van der Waals surface area contributed by atoms with Crippen LogP contribution in [0.15, 0.2) is 4.90 Å². The van der Waals surface area contributed by atoms with Crippen LogP contribution in [0.4, 0.5) is 0 Å². The highest BCUT2D eigenvalue weighted by Crippen LogP contribution is 2.43. The van der Waals surface area contributed by atoms with Gasteiger partial charge in [-0.25, -0.2) is 13.1 Å². The molecule has 14 heteroatoms. The molecule has 5 N–H and O–H groups in total. The molecular weight excluding hydrogens is 506 g/mol. The summed E-state index contributed by atoms with van der Waals surface area (Å²) in [5.41, 5.74) is 8.19. The Bertz CT molecular complexity index is 1140. The van der Waals surface area contributed by atoms with Crippen LogP contribution in [0.5, 0.6) is 5.75 Å². The Kier molecular flexibility index (Phi) is 10.1. The molecule has 1 heterocycles. The molecule has 37 heavy (non-hydrogen) atoms. The molecule has 0 radical (unpaired) electrons. The van der Waals surface area contributed by atoms with Gasteiger partial charge in [-0.2, -0.15) is 0 Å². The topological polar surface area (TPSA) is 196 Å². The molecule has 0 bridgehead atoms. The molecular formula is C23H37N5O8S. The van der Waals surface area contributed by atoms with Crippen molar-refractivity contribution < 1.29 is 32.6 Å². The Morgan fingerprint density at radius 3 is 2.49 bits per heavy atom. The third-order valence-electron chi connectivity index (χ3n) is 6.07. The normalized spacial score (nSPS) is 14.8. The smallest absolute Gasteiger partial charge is 0.322 e. The lowest BCUT2D eigenvalue weighted by Crippen LogP contribution is -2.41. The van der Waals surface area contributed by atoms with Gasteiger partial charge in [0.1, 0.15) is 17.4 Å². The number of ether oxygens (including phenoxy) is 2. The molecule has 0 aliphatic carbocycles. The number of esters is 1. The lowest BCUT2D eigenvalue weighted by Gasteiger charge is -2.19. The standard InChI is InChI=1S/C23H37N5O8S/c1-14-15(2)20(16(3)17-13-23(4,5)36-19(14)17)37(32,33)27-22(25)26-10-8-9-18(24)21(29)34-11-6-7-12-35-28(30)31/h18H,6-13,24H2,1-5H3,(H3,25,26,27)/t18-/m0/s1. The fourth-order valence-corrected chi connectivity index (χ4v) is 5.67. The molecule has 0 amide bonds. The first-order valence-electron chi connectivity index (χ1n) is 12.0. The van der Waals surface area contributed by atoms with Crippen LogP contribution in [-0.4, -0.2) is 56.8 Å². The van der Waals surface area contributed by atoms with E-state index >= 15 is 0 Å². The van der Waals surface area contributed by atoms with E-state index < -0.39 is 32.7 Å². The minimum absolute atomic E-state index is 0.0723. The zero-order valence-electron chi connectivity index (χ0n) is 21.9. The van der Waals surface area contributed by atoms with Gasteiger partial charge in [0.25, 0.3) is 15.1 Å². The number of nitrogens with two attached hydrogens (primary N) is 1. The first kappa shape index (κ1) is 30.1. The lowest BCUT2D eigenvalue weighted by molar-refractivity contribution is -0.757. The summed E-state index contributed by atoms with van der Waals surface area (Å²) in [5, 5.41) is 19.9. The largest absolute Gasteiger partial charge is 0.487 e. The molecule has 0 saturated heterocycles. The molecule has 0 spiro atoms. The maximum Gasteiger partial charge on any atom is 0.322 e. The number of nitrogens with one attached hydrogen (secondary N) is 3. The fourth-order valence-electron chi connectivity index (χ4n) is 4.15. The van der Waals surface area contributed by atoms with Gasteiger partial charge in [0.2, 0.25) is 5.96 Å². The van der Waals surface area contributed by atoms with Gasteiger partial charge in [-0.3, -0.25) is 10.2 Å². The van der Waals surface area contributed by atoms with E-state index in [1.165, 1.54) is 0 Å². The number of fused-ring (bicyclic) bond motifs is 1. The summed E-state index contributed by atoms with van der Waals surface area (Å²) in [7, 11) is -4.03. The van der Waals surface area contributed by atoms with Crippen molar-refractivity contribution >= 4 is 22.0 Å². The Morgan fingerprint density at radius 1 is 1.19 bits per heavy atom. The van der Waals surface area contributed by atoms with Crippen LogP contribution in [-0.2, 0) is 30.8 Å². The Hall–Kier alpha value is -3.13. The van der Waals surface area contributed by atoms with Crippen molar-refractivity contribution in [3.8, 4) is 5.75 Å². The van der Waals surface area contributed by atoms with E-state index in [0.717, 1.165) is 16.9 Å². The average molecular weight is 544 g/mol. The van der Waals surface area contributed by atoms with E-state index in [0.29, 0.717) is 36.8 Å². The van der Waals surface area contributed by atoms with Crippen LogP contribution in [0.25, 0.3) is 0 Å². The summed E-state index contributed by atoms with van der Waals surface area (Å²) < 4.78 is 39.7. The monoisotopic (exact) mass is 543 g/mol. The summed E-state index contributed by atoms with van der Waals surface area (Å²) >= 11 is 0. The molecule has 0 unspecified atom stereocenters. The number of hydrogen-bond acceptors (Lipinski definition) is 10. The number of carbonyl (C=O) groups is 1. The molecule has 0 saturated carbocycles. The quantitative estimate of drug-likeness (QED) is 0.0710. The van der Waals surface area contributed by atoms with Crippen molar-refractivity contribution in [1.29, 1.82) is 5.41 Å². The van der Waals surface area contributed by atoms with Gasteiger partial charge in [-0.1, -0.05) is 0 Å². The van der Waals surface area contributed by atoms with E-state index in [1.807, 2.05) is 20.8 Å². The second-order valence-electron chi connectivity index (χ2n) is 9.64. The minimum Gasteiger partial charge on any atom is -0.487 e. The predicted molar refractivity (Wildman–Crippen MR) is 135 cm³/mol. The van der Waals surface area contributed by atoms with Crippen molar-refractivity contribution in [1.82, 2.24) is 10.0 Å². The van der Waals surface area contributed by atoms with Crippen LogP contribution in [0.2, 0.25) is 0 Å². The van der Waals surface area contributed by atoms with E-state index in [9.17, 15) is 23.3 Å². The summed E-state index contributed by atoms with van der Waals surface area (Å²) in [6, 6.07) is -0.881. The average Bonchev–Trinajstić information content (AvgIpc) is 3.12. The molecule has 1 aliphatic rings. The van der Waals surface area contributed by atoms with Gasteiger partial charge < -0.3 is 25.4 Å². The molecule has 1 aliphatic heterocycles. The summed E-state index contributed by atoms with van der Waals surface area (Å²) in [5.74, 6) is -0.261. The van der Waals surface area contributed by atoms with Crippen molar-refractivity contribution in [2.75, 3.05) is 19.8 Å². The van der Waals surface area contributed by atoms with E-state index in [4.69, 9.17) is 20.6 Å². The van der Waals surface area contributed by atoms with Gasteiger partial charge in [0, 0.05) is 18.5 Å². The van der Waals surface area contributed by atoms with E-state index in [2.05, 4.69) is 14.9 Å². The van der Waals surface area contributed by atoms with Crippen LogP contribution in [0, 0.1) is 36.3 Å². The third kappa shape index (κ3) is 8.18. The highest BCUT2D eigenvalue weighted by Gasteiger charge is 2.36. The number of unbranched alkanes of at least 4 members (excludes halogenated alkanes) is 1. The highest BCUT2D eigenvalue weighted by molar-refractivity contribution is 7.90. The molecule has 1 aromatic rings. The van der Waals surface area contributed by atoms with E-state index in [1.54, 1.807) is 13.8 Å². The molecule has 0 fully saturated rings. The summed E-state index contributed by atoms with van der Waals surface area (Å²) in [6.07, 6.45) is 2.00. The number of nitrogens with zero attached hydrogens (tertiary/aromatic N) is 1. The Morgan fingerprint density at radius 2 is 1.84 bits per heavy atom. The second kappa shape index (κ2) is 12.4. The Balaban J connectivity index is 1.82. The van der Waals surface area contributed by atoms with Gasteiger partial charge in [0.15, 0.2) is 0 Å². The van der Waals surface area contributed by atoms with Crippen molar-refractivity contribution in [2.45, 2.75) is 83.3 Å².